The van der Waals surface area contributed by atoms with E-state index in [2.05, 4.69) is 56.6 Å². The maximum Gasteiger partial charge on any atom is 0.0564 e. The fourth-order valence-electron chi connectivity index (χ4n) is 2.30. The van der Waals surface area contributed by atoms with Gasteiger partial charge in [0.2, 0.25) is 0 Å². The summed E-state index contributed by atoms with van der Waals surface area (Å²) in [5.41, 5.74) is 2.72. The van der Waals surface area contributed by atoms with E-state index in [4.69, 9.17) is 0 Å². The van der Waals surface area contributed by atoms with Gasteiger partial charge in [0.15, 0.2) is 0 Å². The summed E-state index contributed by atoms with van der Waals surface area (Å²) in [7, 11) is 0. The van der Waals surface area contributed by atoms with Gasteiger partial charge < -0.3 is 10.4 Å². The summed E-state index contributed by atoms with van der Waals surface area (Å²) < 4.78 is 0. The summed E-state index contributed by atoms with van der Waals surface area (Å²) in [6.45, 7) is 6.75. The smallest absolute Gasteiger partial charge is 0.0564 e. The second kappa shape index (κ2) is 8.62. The van der Waals surface area contributed by atoms with Crippen LogP contribution in [0.2, 0.25) is 0 Å². The molecule has 0 aliphatic rings. The Morgan fingerprint density at radius 1 is 1.21 bits per heavy atom. The SMILES string of the molecule is CCc1ccc(C(CC)NC(C)C(CO)SC)cc1. The molecule has 0 aliphatic heterocycles. The van der Waals surface area contributed by atoms with Gasteiger partial charge in [0.1, 0.15) is 0 Å². The first-order valence-electron chi connectivity index (χ1n) is 7.14. The maximum atomic E-state index is 9.36. The predicted molar refractivity (Wildman–Crippen MR) is 85.8 cm³/mol. The van der Waals surface area contributed by atoms with E-state index < -0.39 is 0 Å². The molecule has 1 aromatic rings. The number of rotatable bonds is 8. The van der Waals surface area contributed by atoms with Crippen LogP contribution in [0.5, 0.6) is 0 Å². The Bertz CT molecular complexity index is 348. The van der Waals surface area contributed by atoms with Gasteiger partial charge in [-0.2, -0.15) is 11.8 Å². The minimum atomic E-state index is 0.223. The second-order valence-corrected chi connectivity index (χ2v) is 6.04. The van der Waals surface area contributed by atoms with Crippen molar-refractivity contribution >= 4 is 11.8 Å². The van der Waals surface area contributed by atoms with Gasteiger partial charge in [0, 0.05) is 17.3 Å². The number of hydrogen-bond acceptors (Lipinski definition) is 3. The van der Waals surface area contributed by atoms with Crippen LogP contribution in [0.1, 0.15) is 44.4 Å². The van der Waals surface area contributed by atoms with E-state index in [-0.39, 0.29) is 11.9 Å². The number of aryl methyl sites for hydroxylation is 1. The zero-order valence-corrected chi connectivity index (χ0v) is 13.3. The van der Waals surface area contributed by atoms with Crippen LogP contribution in [0.15, 0.2) is 24.3 Å². The Hall–Kier alpha value is -0.510. The monoisotopic (exact) mass is 281 g/mol. The van der Waals surface area contributed by atoms with Crippen LogP contribution >= 0.6 is 11.8 Å². The summed E-state index contributed by atoms with van der Waals surface area (Å²) in [6.07, 6.45) is 4.19. The summed E-state index contributed by atoms with van der Waals surface area (Å²) in [5, 5.41) is 13.3. The lowest BCUT2D eigenvalue weighted by atomic mass is 10.0. The van der Waals surface area contributed by atoms with E-state index in [0.29, 0.717) is 12.1 Å². The molecule has 0 saturated carbocycles. The van der Waals surface area contributed by atoms with E-state index in [1.165, 1.54) is 11.1 Å². The Labute approximate surface area is 122 Å². The molecule has 3 atom stereocenters. The standard InChI is InChI=1S/C16H27NOS/c1-5-13-7-9-14(10-8-13)15(6-2)17-12(3)16(11-18)19-4/h7-10,12,15-18H,5-6,11H2,1-4H3. The molecule has 0 bridgehead atoms. The highest BCUT2D eigenvalue weighted by Crippen LogP contribution is 2.20. The second-order valence-electron chi connectivity index (χ2n) is 4.97. The molecule has 0 spiro atoms. The Morgan fingerprint density at radius 2 is 1.84 bits per heavy atom. The molecule has 0 heterocycles. The Morgan fingerprint density at radius 3 is 2.26 bits per heavy atom. The summed E-state index contributed by atoms with van der Waals surface area (Å²) in [4.78, 5) is 0. The molecule has 3 heteroatoms. The van der Waals surface area contributed by atoms with Crippen LogP contribution in [0, 0.1) is 0 Å². The molecule has 0 amide bonds. The van der Waals surface area contributed by atoms with Gasteiger partial charge in [-0.25, -0.2) is 0 Å². The third kappa shape index (κ3) is 4.83. The molecule has 2 N–H and O–H groups in total. The number of aliphatic hydroxyl groups is 1. The van der Waals surface area contributed by atoms with Gasteiger partial charge in [-0.15, -0.1) is 0 Å². The molecule has 0 aliphatic carbocycles. The lowest BCUT2D eigenvalue weighted by Crippen LogP contribution is -2.39. The Balaban J connectivity index is 2.71. The third-order valence-electron chi connectivity index (χ3n) is 3.70. The van der Waals surface area contributed by atoms with Crippen LogP contribution in [-0.2, 0) is 6.42 Å². The van der Waals surface area contributed by atoms with Gasteiger partial charge in [-0.05, 0) is 37.1 Å². The summed E-state index contributed by atoms with van der Waals surface area (Å²) >= 11 is 1.72. The van der Waals surface area contributed by atoms with Crippen molar-refractivity contribution in [3.05, 3.63) is 35.4 Å². The highest BCUT2D eigenvalue weighted by molar-refractivity contribution is 7.99. The number of nitrogens with one attached hydrogen (secondary N) is 1. The first-order chi connectivity index (χ1) is 9.15. The van der Waals surface area contributed by atoms with Crippen molar-refractivity contribution in [1.29, 1.82) is 0 Å². The first kappa shape index (κ1) is 16.5. The predicted octanol–water partition coefficient (Wildman–Crippen LogP) is 3.40. The highest BCUT2D eigenvalue weighted by atomic mass is 32.2. The van der Waals surface area contributed by atoms with Crippen LogP contribution in [0.4, 0.5) is 0 Å². The number of hydrogen-bond donors (Lipinski definition) is 2. The van der Waals surface area contributed by atoms with Crippen molar-refractivity contribution in [3.8, 4) is 0 Å². The van der Waals surface area contributed by atoms with Crippen molar-refractivity contribution in [3.63, 3.8) is 0 Å². The summed E-state index contributed by atoms with van der Waals surface area (Å²) in [6, 6.07) is 9.53. The molecule has 0 fully saturated rings. The van der Waals surface area contributed by atoms with Crippen LogP contribution in [-0.4, -0.2) is 29.3 Å². The van der Waals surface area contributed by atoms with Gasteiger partial charge >= 0.3 is 0 Å². The molecule has 0 aromatic heterocycles. The molecule has 1 rings (SSSR count). The molecule has 108 valence electrons. The quantitative estimate of drug-likeness (QED) is 0.766. The zero-order chi connectivity index (χ0) is 14.3. The van der Waals surface area contributed by atoms with Crippen LogP contribution in [0.3, 0.4) is 0 Å². The topological polar surface area (TPSA) is 32.3 Å². The van der Waals surface area contributed by atoms with Crippen molar-refractivity contribution < 1.29 is 5.11 Å². The number of thioether (sulfide) groups is 1. The normalized spacial score (nSPS) is 16.1. The molecule has 3 unspecified atom stereocenters. The molecular formula is C16H27NOS. The molecular weight excluding hydrogens is 254 g/mol. The van der Waals surface area contributed by atoms with Crippen LogP contribution in [0.25, 0.3) is 0 Å². The third-order valence-corrected chi connectivity index (χ3v) is 4.87. The van der Waals surface area contributed by atoms with E-state index in [9.17, 15) is 5.11 Å². The van der Waals surface area contributed by atoms with E-state index in [1.54, 1.807) is 11.8 Å². The van der Waals surface area contributed by atoms with E-state index in [0.717, 1.165) is 12.8 Å². The fraction of sp³-hybridized carbons (Fsp3) is 0.625. The van der Waals surface area contributed by atoms with Gasteiger partial charge in [0.25, 0.3) is 0 Å². The zero-order valence-electron chi connectivity index (χ0n) is 12.5. The largest absolute Gasteiger partial charge is 0.395 e. The molecule has 2 nitrogen and oxygen atoms in total. The van der Waals surface area contributed by atoms with Gasteiger partial charge in [0.05, 0.1) is 6.61 Å². The van der Waals surface area contributed by atoms with Crippen molar-refractivity contribution in [2.24, 2.45) is 0 Å². The number of benzene rings is 1. The minimum Gasteiger partial charge on any atom is -0.395 e. The molecule has 0 saturated heterocycles. The Kier molecular flexibility index (Phi) is 7.51. The average molecular weight is 281 g/mol. The molecule has 0 radical (unpaired) electrons. The molecule has 1 aromatic carbocycles. The fourth-order valence-corrected chi connectivity index (χ4v) is 2.93. The first-order valence-corrected chi connectivity index (χ1v) is 8.43. The van der Waals surface area contributed by atoms with Crippen molar-refractivity contribution in [2.75, 3.05) is 12.9 Å². The summed E-state index contributed by atoms with van der Waals surface area (Å²) in [5.74, 6) is 0. The lowest BCUT2D eigenvalue weighted by Gasteiger charge is -2.27. The van der Waals surface area contributed by atoms with Gasteiger partial charge in [-0.3, -0.25) is 0 Å². The van der Waals surface area contributed by atoms with Crippen molar-refractivity contribution in [2.45, 2.75) is 50.9 Å². The van der Waals surface area contributed by atoms with Crippen molar-refractivity contribution in [1.82, 2.24) is 5.32 Å². The van der Waals surface area contributed by atoms with E-state index in [1.807, 2.05) is 0 Å². The highest BCUT2D eigenvalue weighted by Gasteiger charge is 2.19. The maximum absolute atomic E-state index is 9.36. The van der Waals surface area contributed by atoms with E-state index >= 15 is 0 Å². The minimum absolute atomic E-state index is 0.223. The number of aliphatic hydroxyl groups excluding tert-OH is 1. The van der Waals surface area contributed by atoms with Crippen LogP contribution < -0.4 is 5.32 Å². The lowest BCUT2D eigenvalue weighted by molar-refractivity contribution is 0.269. The molecule has 19 heavy (non-hydrogen) atoms. The average Bonchev–Trinajstić information content (AvgIpc) is 2.46. The van der Waals surface area contributed by atoms with Gasteiger partial charge in [-0.1, -0.05) is 38.1 Å².